The van der Waals surface area contributed by atoms with E-state index in [4.69, 9.17) is 0 Å². The summed E-state index contributed by atoms with van der Waals surface area (Å²) < 4.78 is 1.78. The van der Waals surface area contributed by atoms with E-state index in [2.05, 4.69) is 5.10 Å². The molecule has 0 aliphatic carbocycles. The van der Waals surface area contributed by atoms with Crippen LogP contribution in [0.25, 0.3) is 10.9 Å². The fourth-order valence-corrected chi connectivity index (χ4v) is 2.15. The van der Waals surface area contributed by atoms with E-state index in [-0.39, 0.29) is 0 Å². The molecule has 0 aliphatic rings. The number of benzene rings is 1. The normalized spacial score (nSPS) is 12.0. The predicted octanol–water partition coefficient (Wildman–Crippen LogP) is 2.24. The summed E-state index contributed by atoms with van der Waals surface area (Å²) in [5.41, 5.74) is 1.74. The Balaban J connectivity index is 2.83. The number of aliphatic carboxylic acids is 1. The van der Waals surface area contributed by atoms with Gasteiger partial charge in [-0.2, -0.15) is 5.10 Å². The van der Waals surface area contributed by atoms with Crippen LogP contribution in [-0.2, 0) is 17.3 Å². The molecule has 4 heteroatoms. The van der Waals surface area contributed by atoms with Gasteiger partial charge in [0.25, 0.3) is 0 Å². The average Bonchev–Trinajstić information content (AvgIpc) is 2.54. The summed E-state index contributed by atoms with van der Waals surface area (Å²) in [5.74, 6) is -0.826. The fourth-order valence-electron chi connectivity index (χ4n) is 2.15. The van der Waals surface area contributed by atoms with E-state index in [9.17, 15) is 9.90 Å². The third-order valence-corrected chi connectivity index (χ3v) is 3.26. The lowest BCUT2D eigenvalue weighted by Gasteiger charge is -2.20. The van der Waals surface area contributed by atoms with Crippen molar-refractivity contribution in [1.29, 1.82) is 0 Å². The zero-order valence-corrected chi connectivity index (χ0v) is 10.5. The third kappa shape index (κ3) is 1.60. The van der Waals surface area contributed by atoms with E-state index >= 15 is 0 Å². The molecule has 0 atom stereocenters. The number of carbonyl (C=O) groups is 1. The molecule has 0 saturated carbocycles. The summed E-state index contributed by atoms with van der Waals surface area (Å²) in [6.45, 7) is 5.34. The van der Waals surface area contributed by atoms with E-state index in [1.54, 1.807) is 18.5 Å². The minimum absolute atomic E-state index is 0.813. The number of aromatic nitrogens is 2. The Hall–Kier alpha value is -1.84. The maximum absolute atomic E-state index is 11.4. The predicted molar refractivity (Wildman–Crippen MR) is 66.1 cm³/mol. The van der Waals surface area contributed by atoms with Crippen molar-refractivity contribution in [3.05, 3.63) is 29.5 Å². The molecular weight excluding hydrogens is 216 g/mol. The standard InChI is InChI=1S/C13H16N2O2/c1-8-11-9(13(2,3)12(16)17)6-5-7-10(11)15(4)14-8/h5-7H,1-4H3,(H,16,17). The van der Waals surface area contributed by atoms with Crippen LogP contribution in [0.2, 0.25) is 0 Å². The lowest BCUT2D eigenvalue weighted by molar-refractivity contribution is -0.142. The van der Waals surface area contributed by atoms with Gasteiger partial charge in [-0.05, 0) is 32.4 Å². The Bertz CT molecular complexity index is 597. The molecule has 90 valence electrons. The van der Waals surface area contributed by atoms with Crippen molar-refractivity contribution >= 4 is 16.9 Å². The molecule has 0 amide bonds. The van der Waals surface area contributed by atoms with Crippen molar-refractivity contribution in [2.24, 2.45) is 7.05 Å². The van der Waals surface area contributed by atoms with Gasteiger partial charge in [0.1, 0.15) is 0 Å². The van der Waals surface area contributed by atoms with Crippen LogP contribution in [0, 0.1) is 6.92 Å². The zero-order valence-electron chi connectivity index (χ0n) is 10.5. The quantitative estimate of drug-likeness (QED) is 0.864. The van der Waals surface area contributed by atoms with E-state index in [1.165, 1.54) is 0 Å². The van der Waals surface area contributed by atoms with Gasteiger partial charge < -0.3 is 5.11 Å². The number of aryl methyl sites for hydroxylation is 2. The lowest BCUT2D eigenvalue weighted by atomic mass is 9.82. The molecule has 1 aromatic heterocycles. The van der Waals surface area contributed by atoms with Crippen molar-refractivity contribution in [3.63, 3.8) is 0 Å². The van der Waals surface area contributed by atoms with Gasteiger partial charge in [0, 0.05) is 12.4 Å². The van der Waals surface area contributed by atoms with Gasteiger partial charge in [0.15, 0.2) is 0 Å². The number of rotatable bonds is 2. The van der Waals surface area contributed by atoms with E-state index in [0.29, 0.717) is 0 Å². The number of hydrogen-bond donors (Lipinski definition) is 1. The summed E-state index contributed by atoms with van der Waals surface area (Å²) >= 11 is 0. The van der Waals surface area contributed by atoms with Gasteiger partial charge in [0.2, 0.25) is 0 Å². The Labute approximate surface area is 99.9 Å². The van der Waals surface area contributed by atoms with Crippen LogP contribution in [-0.4, -0.2) is 20.9 Å². The van der Waals surface area contributed by atoms with Crippen LogP contribution >= 0.6 is 0 Å². The molecule has 1 heterocycles. The molecular formula is C13H16N2O2. The molecule has 0 fully saturated rings. The summed E-state index contributed by atoms with van der Waals surface area (Å²) in [4.78, 5) is 11.4. The highest BCUT2D eigenvalue weighted by atomic mass is 16.4. The summed E-state index contributed by atoms with van der Waals surface area (Å²) in [6, 6.07) is 5.70. The summed E-state index contributed by atoms with van der Waals surface area (Å²) in [7, 11) is 1.87. The van der Waals surface area contributed by atoms with Crippen molar-refractivity contribution < 1.29 is 9.90 Å². The number of nitrogens with zero attached hydrogens (tertiary/aromatic N) is 2. The minimum atomic E-state index is -0.909. The van der Waals surface area contributed by atoms with Crippen LogP contribution in [0.3, 0.4) is 0 Å². The molecule has 4 nitrogen and oxygen atoms in total. The molecule has 0 radical (unpaired) electrons. The molecule has 1 N–H and O–H groups in total. The van der Waals surface area contributed by atoms with Crippen LogP contribution < -0.4 is 0 Å². The lowest BCUT2D eigenvalue weighted by Crippen LogP contribution is -2.28. The van der Waals surface area contributed by atoms with E-state index < -0.39 is 11.4 Å². The molecule has 1 aromatic carbocycles. The molecule has 2 aromatic rings. The first kappa shape index (κ1) is 11.6. The number of fused-ring (bicyclic) bond motifs is 1. The molecule has 0 aliphatic heterocycles. The van der Waals surface area contributed by atoms with E-state index in [1.807, 2.05) is 32.2 Å². The Kier molecular flexibility index (Phi) is 2.45. The van der Waals surface area contributed by atoms with Crippen LogP contribution in [0.15, 0.2) is 18.2 Å². The minimum Gasteiger partial charge on any atom is -0.481 e. The van der Waals surface area contributed by atoms with Gasteiger partial charge in [-0.3, -0.25) is 9.48 Å². The highest BCUT2D eigenvalue weighted by Gasteiger charge is 2.32. The third-order valence-electron chi connectivity index (χ3n) is 3.26. The van der Waals surface area contributed by atoms with Crippen molar-refractivity contribution in [2.45, 2.75) is 26.2 Å². The van der Waals surface area contributed by atoms with Crippen LogP contribution in [0.1, 0.15) is 25.1 Å². The second kappa shape index (κ2) is 3.58. The summed E-state index contributed by atoms with van der Waals surface area (Å²) in [6.07, 6.45) is 0. The first-order valence-corrected chi connectivity index (χ1v) is 5.52. The monoisotopic (exact) mass is 232 g/mol. The Morgan fingerprint density at radius 3 is 2.65 bits per heavy atom. The largest absolute Gasteiger partial charge is 0.481 e. The fraction of sp³-hybridized carbons (Fsp3) is 0.385. The molecule has 0 unspecified atom stereocenters. The van der Waals surface area contributed by atoms with Crippen molar-refractivity contribution in [3.8, 4) is 0 Å². The van der Waals surface area contributed by atoms with E-state index in [0.717, 1.165) is 22.2 Å². The van der Waals surface area contributed by atoms with Gasteiger partial charge in [-0.15, -0.1) is 0 Å². The Morgan fingerprint density at radius 2 is 2.06 bits per heavy atom. The van der Waals surface area contributed by atoms with Crippen molar-refractivity contribution in [2.75, 3.05) is 0 Å². The zero-order chi connectivity index (χ0) is 12.8. The highest BCUT2D eigenvalue weighted by molar-refractivity contribution is 5.92. The molecule has 2 rings (SSSR count). The van der Waals surface area contributed by atoms with Crippen LogP contribution in [0.5, 0.6) is 0 Å². The number of hydrogen-bond acceptors (Lipinski definition) is 2. The number of carboxylic acid groups (broad SMARTS) is 1. The average molecular weight is 232 g/mol. The highest BCUT2D eigenvalue weighted by Crippen LogP contribution is 2.32. The van der Waals surface area contributed by atoms with Gasteiger partial charge in [-0.1, -0.05) is 12.1 Å². The maximum atomic E-state index is 11.4. The molecule has 0 spiro atoms. The van der Waals surface area contributed by atoms with Gasteiger partial charge in [-0.25, -0.2) is 0 Å². The first-order chi connectivity index (χ1) is 7.85. The SMILES string of the molecule is Cc1nn(C)c2cccc(C(C)(C)C(=O)O)c12. The number of carboxylic acids is 1. The smallest absolute Gasteiger partial charge is 0.313 e. The van der Waals surface area contributed by atoms with Gasteiger partial charge >= 0.3 is 5.97 Å². The topological polar surface area (TPSA) is 55.1 Å². The maximum Gasteiger partial charge on any atom is 0.313 e. The van der Waals surface area contributed by atoms with Crippen molar-refractivity contribution in [1.82, 2.24) is 9.78 Å². The second-order valence-corrected chi connectivity index (χ2v) is 4.84. The molecule has 17 heavy (non-hydrogen) atoms. The van der Waals surface area contributed by atoms with Crippen LogP contribution in [0.4, 0.5) is 0 Å². The second-order valence-electron chi connectivity index (χ2n) is 4.84. The Morgan fingerprint density at radius 1 is 1.41 bits per heavy atom. The molecule has 0 saturated heterocycles. The first-order valence-electron chi connectivity index (χ1n) is 5.52. The molecule has 0 bridgehead atoms. The summed E-state index contributed by atoms with van der Waals surface area (Å²) in [5, 5.41) is 14.6. The van der Waals surface area contributed by atoms with Gasteiger partial charge in [0.05, 0.1) is 16.6 Å².